The summed E-state index contributed by atoms with van der Waals surface area (Å²) in [7, 11) is 0. The van der Waals surface area contributed by atoms with Gasteiger partial charge < -0.3 is 15.1 Å². The van der Waals surface area contributed by atoms with Gasteiger partial charge in [-0.05, 0) is 42.7 Å². The van der Waals surface area contributed by atoms with Gasteiger partial charge in [-0.2, -0.15) is 5.10 Å². The predicted octanol–water partition coefficient (Wildman–Crippen LogP) is 2.48. The number of hydrogen-bond donors (Lipinski definition) is 1. The zero-order valence-electron chi connectivity index (χ0n) is 19.5. The molecule has 1 aromatic carbocycles. The van der Waals surface area contributed by atoms with Crippen molar-refractivity contribution in [2.24, 2.45) is 0 Å². The first-order chi connectivity index (χ1) is 16.6. The van der Waals surface area contributed by atoms with E-state index < -0.39 is 0 Å². The Bertz CT molecular complexity index is 1300. The number of anilines is 2. The predicted molar refractivity (Wildman–Crippen MR) is 132 cm³/mol. The summed E-state index contributed by atoms with van der Waals surface area (Å²) in [5.41, 5.74) is 4.20. The number of rotatable bonds is 6. The van der Waals surface area contributed by atoms with Crippen LogP contribution in [0.25, 0.3) is 11.0 Å². The molecule has 34 heavy (non-hydrogen) atoms. The molecule has 4 heterocycles. The number of hydrogen-bond acceptors (Lipinski definition) is 7. The summed E-state index contributed by atoms with van der Waals surface area (Å²) >= 11 is 0. The minimum atomic E-state index is -0.104. The molecule has 1 amide bonds. The van der Waals surface area contributed by atoms with Gasteiger partial charge in [0.25, 0.3) is 0 Å². The van der Waals surface area contributed by atoms with Gasteiger partial charge in [0.05, 0.1) is 11.6 Å². The number of benzene rings is 1. The zero-order valence-corrected chi connectivity index (χ0v) is 19.5. The van der Waals surface area contributed by atoms with Crippen LogP contribution in [0.3, 0.4) is 0 Å². The molecule has 3 aromatic heterocycles. The highest BCUT2D eigenvalue weighted by molar-refractivity contribution is 5.88. The number of aromatic nitrogens is 5. The summed E-state index contributed by atoms with van der Waals surface area (Å²) in [6, 6.07) is 12.2. The molecule has 0 saturated carbocycles. The van der Waals surface area contributed by atoms with Gasteiger partial charge in [-0.1, -0.05) is 24.3 Å². The summed E-state index contributed by atoms with van der Waals surface area (Å²) < 4.78 is 1.64. The summed E-state index contributed by atoms with van der Waals surface area (Å²) in [6.45, 7) is 8.12. The molecule has 0 unspecified atom stereocenters. The number of nitrogens with zero attached hydrogens (tertiary/aromatic N) is 7. The fourth-order valence-corrected chi connectivity index (χ4v) is 4.24. The van der Waals surface area contributed by atoms with Gasteiger partial charge in [-0.15, -0.1) is 0 Å². The quantitative estimate of drug-likeness (QED) is 0.477. The lowest BCUT2D eigenvalue weighted by Crippen LogP contribution is -2.47. The molecule has 5 rings (SSSR count). The standard InChI is InChI=1S/C25H28N8O/c1-18-6-7-20(13-19(18)2)14-27-23(34)16-33-25-21(15-30-33)24(28-17-29-25)32-11-9-31(10-12-32)22-5-3-4-8-26-22/h3-8,13,15,17H,9-12,14,16H2,1-2H3,(H,27,34). The van der Waals surface area contributed by atoms with Crippen molar-refractivity contribution in [1.82, 2.24) is 30.0 Å². The van der Waals surface area contributed by atoms with Crippen LogP contribution in [0.5, 0.6) is 0 Å². The second-order valence-electron chi connectivity index (χ2n) is 8.59. The fraction of sp³-hybridized carbons (Fsp3) is 0.320. The van der Waals surface area contributed by atoms with E-state index in [4.69, 9.17) is 0 Å². The number of pyridine rings is 1. The number of piperazine rings is 1. The van der Waals surface area contributed by atoms with Crippen molar-refractivity contribution in [1.29, 1.82) is 0 Å². The molecule has 0 aliphatic carbocycles. The number of aryl methyl sites for hydroxylation is 2. The lowest BCUT2D eigenvalue weighted by Gasteiger charge is -2.36. The molecule has 0 radical (unpaired) electrons. The van der Waals surface area contributed by atoms with Crippen molar-refractivity contribution in [2.45, 2.75) is 26.9 Å². The third-order valence-corrected chi connectivity index (χ3v) is 6.32. The van der Waals surface area contributed by atoms with Crippen LogP contribution in [0.1, 0.15) is 16.7 Å². The van der Waals surface area contributed by atoms with Gasteiger partial charge in [0.1, 0.15) is 24.5 Å². The number of carbonyl (C=O) groups is 1. The van der Waals surface area contributed by atoms with E-state index in [9.17, 15) is 4.79 Å². The van der Waals surface area contributed by atoms with E-state index in [0.717, 1.165) is 48.8 Å². The van der Waals surface area contributed by atoms with Crippen LogP contribution in [-0.4, -0.2) is 56.8 Å². The van der Waals surface area contributed by atoms with Crippen LogP contribution in [0.2, 0.25) is 0 Å². The molecule has 1 fully saturated rings. The van der Waals surface area contributed by atoms with Gasteiger partial charge in [-0.3, -0.25) is 4.79 Å². The van der Waals surface area contributed by atoms with E-state index in [-0.39, 0.29) is 12.5 Å². The fourth-order valence-electron chi connectivity index (χ4n) is 4.24. The lowest BCUT2D eigenvalue weighted by molar-refractivity contribution is -0.121. The molecule has 1 aliphatic rings. The normalized spacial score (nSPS) is 13.9. The summed E-state index contributed by atoms with van der Waals surface area (Å²) in [5, 5.41) is 8.28. The van der Waals surface area contributed by atoms with E-state index in [0.29, 0.717) is 12.2 Å². The molecule has 174 valence electrons. The third-order valence-electron chi connectivity index (χ3n) is 6.32. The first kappa shape index (κ1) is 21.8. The van der Waals surface area contributed by atoms with Gasteiger partial charge in [0, 0.05) is 38.9 Å². The van der Waals surface area contributed by atoms with Crippen LogP contribution < -0.4 is 15.1 Å². The van der Waals surface area contributed by atoms with Gasteiger partial charge in [0.2, 0.25) is 5.91 Å². The molecule has 1 N–H and O–H groups in total. The summed E-state index contributed by atoms with van der Waals surface area (Å²) in [5.74, 6) is 1.74. The van der Waals surface area contributed by atoms with Crippen molar-refractivity contribution in [3.05, 3.63) is 71.8 Å². The van der Waals surface area contributed by atoms with E-state index in [1.165, 1.54) is 11.1 Å². The van der Waals surface area contributed by atoms with Crippen molar-refractivity contribution in [2.75, 3.05) is 36.0 Å². The minimum absolute atomic E-state index is 0.104. The molecule has 9 nitrogen and oxygen atoms in total. The van der Waals surface area contributed by atoms with E-state index in [1.807, 2.05) is 30.5 Å². The van der Waals surface area contributed by atoms with Gasteiger partial charge in [-0.25, -0.2) is 19.6 Å². The molecule has 1 saturated heterocycles. The molecule has 4 aromatic rings. The summed E-state index contributed by atoms with van der Waals surface area (Å²) in [6.07, 6.45) is 5.13. The highest BCUT2D eigenvalue weighted by atomic mass is 16.2. The average Bonchev–Trinajstić information content (AvgIpc) is 3.28. The Hall–Kier alpha value is -4.01. The lowest BCUT2D eigenvalue weighted by atomic mass is 10.1. The van der Waals surface area contributed by atoms with Crippen molar-refractivity contribution in [3.8, 4) is 0 Å². The Labute approximate surface area is 198 Å². The van der Waals surface area contributed by atoms with Crippen LogP contribution >= 0.6 is 0 Å². The van der Waals surface area contributed by atoms with Crippen LogP contribution in [0, 0.1) is 13.8 Å². The number of amides is 1. The van der Waals surface area contributed by atoms with Crippen LogP contribution in [0.4, 0.5) is 11.6 Å². The maximum Gasteiger partial charge on any atom is 0.242 e. The Morgan fingerprint density at radius 3 is 2.56 bits per heavy atom. The molecule has 9 heteroatoms. The molecule has 0 bridgehead atoms. The topological polar surface area (TPSA) is 92.1 Å². The van der Waals surface area contributed by atoms with Gasteiger partial charge in [0.15, 0.2) is 5.65 Å². The highest BCUT2D eigenvalue weighted by Crippen LogP contribution is 2.24. The monoisotopic (exact) mass is 456 g/mol. The smallest absolute Gasteiger partial charge is 0.242 e. The maximum absolute atomic E-state index is 12.6. The Morgan fingerprint density at radius 1 is 0.971 bits per heavy atom. The molecule has 0 atom stereocenters. The van der Waals surface area contributed by atoms with Crippen molar-refractivity contribution < 1.29 is 4.79 Å². The maximum atomic E-state index is 12.6. The Morgan fingerprint density at radius 2 is 1.79 bits per heavy atom. The van der Waals surface area contributed by atoms with Crippen molar-refractivity contribution in [3.63, 3.8) is 0 Å². The average molecular weight is 457 g/mol. The van der Waals surface area contributed by atoms with E-state index in [1.54, 1.807) is 17.2 Å². The number of carbonyl (C=O) groups excluding carboxylic acids is 1. The second kappa shape index (κ2) is 9.46. The Balaban J connectivity index is 1.24. The third kappa shape index (κ3) is 4.54. The molecular weight excluding hydrogens is 428 g/mol. The molecule has 1 aliphatic heterocycles. The first-order valence-electron chi connectivity index (χ1n) is 11.5. The molecular formula is C25H28N8O. The van der Waals surface area contributed by atoms with E-state index in [2.05, 4.69) is 61.1 Å². The minimum Gasteiger partial charge on any atom is -0.353 e. The molecule has 0 spiro atoms. The highest BCUT2D eigenvalue weighted by Gasteiger charge is 2.22. The van der Waals surface area contributed by atoms with Crippen molar-refractivity contribution >= 4 is 28.6 Å². The van der Waals surface area contributed by atoms with Crippen LogP contribution in [0.15, 0.2) is 55.1 Å². The number of fused-ring (bicyclic) bond motifs is 1. The second-order valence-corrected chi connectivity index (χ2v) is 8.59. The first-order valence-corrected chi connectivity index (χ1v) is 11.5. The summed E-state index contributed by atoms with van der Waals surface area (Å²) in [4.78, 5) is 30.5. The SMILES string of the molecule is Cc1ccc(CNC(=O)Cn2ncc3c(N4CCN(c5ccccn5)CC4)ncnc32)cc1C. The van der Waals surface area contributed by atoms with Crippen LogP contribution in [-0.2, 0) is 17.9 Å². The largest absolute Gasteiger partial charge is 0.353 e. The number of nitrogens with one attached hydrogen (secondary N) is 1. The zero-order chi connectivity index (χ0) is 23.5. The van der Waals surface area contributed by atoms with Gasteiger partial charge >= 0.3 is 0 Å². The van der Waals surface area contributed by atoms with E-state index >= 15 is 0 Å². The Kier molecular flexibility index (Phi) is 6.07.